The van der Waals surface area contributed by atoms with Crippen LogP contribution in [0.1, 0.15) is 28.4 Å². The Balaban J connectivity index is 1.85. The SMILES string of the molecule is CCOc1cccc(CNc2ccc(OC)cc2C(=O)Nc2ccc(C(=N)N)cc2)c1OCC(=O)O. The number of aliphatic carboxylic acids is 1. The molecular weight excluding hydrogens is 464 g/mol. The van der Waals surface area contributed by atoms with E-state index in [2.05, 4.69) is 10.6 Å². The molecule has 0 aliphatic heterocycles. The van der Waals surface area contributed by atoms with Crippen LogP contribution in [0.4, 0.5) is 11.4 Å². The number of carbonyl (C=O) groups is 2. The first-order valence-electron chi connectivity index (χ1n) is 11.1. The van der Waals surface area contributed by atoms with Crippen LogP contribution in [0.25, 0.3) is 0 Å². The van der Waals surface area contributed by atoms with Gasteiger partial charge in [0, 0.05) is 29.0 Å². The van der Waals surface area contributed by atoms with Crippen LogP contribution in [0, 0.1) is 5.41 Å². The quantitative estimate of drug-likeness (QED) is 0.189. The highest BCUT2D eigenvalue weighted by molar-refractivity contribution is 6.08. The van der Waals surface area contributed by atoms with Gasteiger partial charge in [-0.05, 0) is 55.5 Å². The Morgan fingerprint density at radius 1 is 1.06 bits per heavy atom. The van der Waals surface area contributed by atoms with Gasteiger partial charge in [0.15, 0.2) is 18.1 Å². The van der Waals surface area contributed by atoms with Gasteiger partial charge in [-0.3, -0.25) is 10.2 Å². The Morgan fingerprint density at radius 3 is 2.44 bits per heavy atom. The Morgan fingerprint density at radius 2 is 1.81 bits per heavy atom. The lowest BCUT2D eigenvalue weighted by Gasteiger charge is -2.17. The van der Waals surface area contributed by atoms with E-state index in [-0.39, 0.29) is 18.3 Å². The van der Waals surface area contributed by atoms with E-state index in [1.54, 1.807) is 60.7 Å². The Bertz CT molecular complexity index is 1240. The Hall–Kier alpha value is -4.73. The van der Waals surface area contributed by atoms with Crippen molar-refractivity contribution < 1.29 is 28.9 Å². The third kappa shape index (κ3) is 6.66. The molecule has 0 aromatic heterocycles. The summed E-state index contributed by atoms with van der Waals surface area (Å²) in [6.07, 6.45) is 0. The van der Waals surface area contributed by atoms with Gasteiger partial charge >= 0.3 is 5.97 Å². The van der Waals surface area contributed by atoms with Crippen LogP contribution in [-0.2, 0) is 11.3 Å². The van der Waals surface area contributed by atoms with Crippen molar-refractivity contribution >= 4 is 29.1 Å². The number of ether oxygens (including phenoxy) is 3. The maximum atomic E-state index is 13.1. The topological polar surface area (TPSA) is 156 Å². The third-order valence-corrected chi connectivity index (χ3v) is 5.09. The molecular formula is C26H28N4O6. The molecule has 0 bridgehead atoms. The molecule has 10 nitrogen and oxygen atoms in total. The molecule has 0 aliphatic carbocycles. The number of hydrogen-bond donors (Lipinski definition) is 5. The maximum Gasteiger partial charge on any atom is 0.341 e. The molecule has 188 valence electrons. The van der Waals surface area contributed by atoms with Crippen LogP contribution in [0.3, 0.4) is 0 Å². The highest BCUT2D eigenvalue weighted by atomic mass is 16.5. The van der Waals surface area contributed by atoms with Crippen molar-refractivity contribution in [1.82, 2.24) is 0 Å². The number of hydrogen-bond acceptors (Lipinski definition) is 7. The summed E-state index contributed by atoms with van der Waals surface area (Å²) in [5.41, 5.74) is 8.09. The zero-order valence-electron chi connectivity index (χ0n) is 20.0. The van der Waals surface area contributed by atoms with Crippen molar-refractivity contribution in [3.63, 3.8) is 0 Å². The number of nitrogens with one attached hydrogen (secondary N) is 3. The smallest absolute Gasteiger partial charge is 0.341 e. The Labute approximate surface area is 208 Å². The lowest BCUT2D eigenvalue weighted by Crippen LogP contribution is -2.16. The first-order valence-corrected chi connectivity index (χ1v) is 11.1. The second kappa shape index (κ2) is 12.1. The monoisotopic (exact) mass is 492 g/mol. The molecule has 0 saturated heterocycles. The average Bonchev–Trinajstić information content (AvgIpc) is 2.87. The lowest BCUT2D eigenvalue weighted by atomic mass is 10.1. The molecule has 3 rings (SSSR count). The van der Waals surface area contributed by atoms with Crippen molar-refractivity contribution in [1.29, 1.82) is 5.41 Å². The predicted molar refractivity (Wildman–Crippen MR) is 136 cm³/mol. The van der Waals surface area contributed by atoms with Crippen LogP contribution in [0.15, 0.2) is 60.7 Å². The lowest BCUT2D eigenvalue weighted by molar-refractivity contribution is -0.139. The fourth-order valence-corrected chi connectivity index (χ4v) is 3.38. The number of methoxy groups -OCH3 is 1. The Kier molecular flexibility index (Phi) is 8.71. The molecule has 0 atom stereocenters. The number of rotatable bonds is 12. The molecule has 36 heavy (non-hydrogen) atoms. The first-order chi connectivity index (χ1) is 17.3. The number of nitrogens with two attached hydrogens (primary N) is 1. The van der Waals surface area contributed by atoms with E-state index in [9.17, 15) is 9.59 Å². The van der Waals surface area contributed by atoms with E-state index >= 15 is 0 Å². The summed E-state index contributed by atoms with van der Waals surface area (Å²) in [5, 5.41) is 22.6. The van der Waals surface area contributed by atoms with E-state index in [0.717, 1.165) is 0 Å². The predicted octanol–water partition coefficient (Wildman–Crippen LogP) is 3.71. The van der Waals surface area contributed by atoms with E-state index in [4.69, 9.17) is 30.5 Å². The van der Waals surface area contributed by atoms with Gasteiger partial charge in [-0.25, -0.2) is 4.79 Å². The summed E-state index contributed by atoms with van der Waals surface area (Å²) in [4.78, 5) is 24.2. The molecule has 0 saturated carbocycles. The van der Waals surface area contributed by atoms with Crippen LogP contribution in [0.2, 0.25) is 0 Å². The minimum Gasteiger partial charge on any atom is -0.497 e. The molecule has 3 aromatic rings. The van der Waals surface area contributed by atoms with E-state index < -0.39 is 12.6 Å². The summed E-state index contributed by atoms with van der Waals surface area (Å²) in [6.45, 7) is 1.92. The first kappa shape index (κ1) is 25.9. The molecule has 0 aliphatic rings. The largest absolute Gasteiger partial charge is 0.497 e. The number of carboxylic acid groups (broad SMARTS) is 1. The average molecular weight is 493 g/mol. The van der Waals surface area contributed by atoms with Crippen molar-refractivity contribution in [2.45, 2.75) is 13.5 Å². The van der Waals surface area contributed by atoms with Gasteiger partial charge in [-0.1, -0.05) is 12.1 Å². The molecule has 10 heteroatoms. The van der Waals surface area contributed by atoms with Gasteiger partial charge in [0.25, 0.3) is 5.91 Å². The molecule has 3 aromatic carbocycles. The van der Waals surface area contributed by atoms with Crippen molar-refractivity contribution in [2.75, 3.05) is 31.0 Å². The normalized spacial score (nSPS) is 10.3. The number of amides is 1. The molecule has 0 heterocycles. The van der Waals surface area contributed by atoms with E-state index in [0.29, 0.717) is 51.9 Å². The number of nitrogen functional groups attached to an aromatic ring is 1. The van der Waals surface area contributed by atoms with Crippen molar-refractivity contribution in [2.24, 2.45) is 5.73 Å². The summed E-state index contributed by atoms with van der Waals surface area (Å²) in [6, 6.07) is 16.9. The van der Waals surface area contributed by atoms with E-state index in [1.165, 1.54) is 7.11 Å². The highest BCUT2D eigenvalue weighted by Crippen LogP contribution is 2.33. The third-order valence-electron chi connectivity index (χ3n) is 5.09. The summed E-state index contributed by atoms with van der Waals surface area (Å²) in [7, 11) is 1.51. The minimum absolute atomic E-state index is 0.0627. The van der Waals surface area contributed by atoms with E-state index in [1.807, 2.05) is 6.92 Å². The summed E-state index contributed by atoms with van der Waals surface area (Å²) < 4.78 is 16.4. The molecule has 0 radical (unpaired) electrons. The summed E-state index contributed by atoms with van der Waals surface area (Å²) >= 11 is 0. The van der Waals surface area contributed by atoms with Gasteiger partial charge in [0.05, 0.1) is 19.3 Å². The fourth-order valence-electron chi connectivity index (χ4n) is 3.38. The van der Waals surface area contributed by atoms with Crippen LogP contribution < -0.4 is 30.6 Å². The molecule has 0 spiro atoms. The zero-order valence-corrected chi connectivity index (χ0v) is 20.0. The number of para-hydroxylation sites is 1. The van der Waals surface area contributed by atoms with Crippen LogP contribution in [0.5, 0.6) is 17.2 Å². The summed E-state index contributed by atoms with van der Waals surface area (Å²) in [5.74, 6) is -0.296. The number of benzene rings is 3. The van der Waals surface area contributed by atoms with Gasteiger partial charge < -0.3 is 35.7 Å². The van der Waals surface area contributed by atoms with Gasteiger partial charge in [-0.2, -0.15) is 0 Å². The van der Waals surface area contributed by atoms with Crippen molar-refractivity contribution in [3.8, 4) is 17.2 Å². The fraction of sp³-hybridized carbons (Fsp3) is 0.192. The van der Waals surface area contributed by atoms with Crippen molar-refractivity contribution in [3.05, 3.63) is 77.4 Å². The number of amidine groups is 1. The molecule has 1 amide bonds. The number of carbonyl (C=O) groups excluding carboxylic acids is 1. The second-order valence-corrected chi connectivity index (χ2v) is 7.57. The maximum absolute atomic E-state index is 13.1. The van der Waals surface area contributed by atoms with Crippen LogP contribution >= 0.6 is 0 Å². The molecule has 0 fully saturated rings. The standard InChI is InChI=1S/C26H28N4O6/c1-3-35-22-6-4-5-17(24(22)36-15-23(31)32)14-29-21-12-11-19(34-2)13-20(21)26(33)30-18-9-7-16(8-10-18)25(27)28/h4-13,29H,3,14-15H2,1-2H3,(H3,27,28)(H,30,33)(H,31,32). The van der Waals surface area contributed by atoms with Gasteiger partial charge in [-0.15, -0.1) is 0 Å². The van der Waals surface area contributed by atoms with Gasteiger partial charge in [0.2, 0.25) is 0 Å². The molecule has 0 unspecified atom stereocenters. The molecule has 6 N–H and O–H groups in total. The number of anilines is 2. The second-order valence-electron chi connectivity index (χ2n) is 7.57. The zero-order chi connectivity index (χ0) is 26.1. The van der Waals surface area contributed by atoms with Gasteiger partial charge in [0.1, 0.15) is 11.6 Å². The highest BCUT2D eigenvalue weighted by Gasteiger charge is 2.16. The van der Waals surface area contributed by atoms with Crippen LogP contribution in [-0.4, -0.2) is 43.1 Å². The number of carboxylic acids is 1. The minimum atomic E-state index is -1.11.